The van der Waals surface area contributed by atoms with E-state index < -0.39 is 0 Å². The fourth-order valence-electron chi connectivity index (χ4n) is 4.31. The van der Waals surface area contributed by atoms with Crippen LogP contribution in [0.15, 0.2) is 6.33 Å². The molecule has 0 bridgehead atoms. The van der Waals surface area contributed by atoms with Crippen molar-refractivity contribution in [3.63, 3.8) is 0 Å². The fraction of sp³-hybridized carbons (Fsp3) is 0.625. The number of pyridine rings is 1. The average Bonchev–Trinajstić information content (AvgIpc) is 3.06. The Balaban J connectivity index is 1.80. The maximum Gasteiger partial charge on any atom is 0.147 e. The summed E-state index contributed by atoms with van der Waals surface area (Å²) in [6.07, 6.45) is 8.53. The Hall–Kier alpha value is -1.79. The third-order valence-corrected chi connectivity index (χ3v) is 6.92. The van der Waals surface area contributed by atoms with E-state index in [0.29, 0.717) is 12.5 Å². The van der Waals surface area contributed by atoms with Crippen molar-refractivity contribution in [3.05, 3.63) is 23.1 Å². The molecule has 3 aromatic rings. The van der Waals surface area contributed by atoms with E-state index >= 15 is 0 Å². The van der Waals surface area contributed by atoms with Crippen molar-refractivity contribution in [2.24, 2.45) is 5.92 Å². The molecule has 30 heavy (non-hydrogen) atoms. The lowest BCUT2D eigenvalue weighted by molar-refractivity contribution is -0.0402. The summed E-state index contributed by atoms with van der Waals surface area (Å²) in [5.41, 5.74) is 4.72. The van der Waals surface area contributed by atoms with E-state index in [1.807, 2.05) is 0 Å². The summed E-state index contributed by atoms with van der Waals surface area (Å²) in [6, 6.07) is 0. The smallest absolute Gasteiger partial charge is 0.147 e. The molecule has 0 aliphatic carbocycles. The van der Waals surface area contributed by atoms with Crippen molar-refractivity contribution < 1.29 is 4.74 Å². The molecule has 1 aliphatic heterocycles. The van der Waals surface area contributed by atoms with Crippen molar-refractivity contribution in [2.45, 2.75) is 85.4 Å². The molecular formula is C24H34N4OS. The first-order valence-electron chi connectivity index (χ1n) is 11.3. The fourth-order valence-corrected chi connectivity index (χ4v) is 5.46. The first-order chi connectivity index (χ1) is 14.4. The van der Waals surface area contributed by atoms with Crippen molar-refractivity contribution in [3.8, 4) is 0 Å². The van der Waals surface area contributed by atoms with Gasteiger partial charge in [0, 0.05) is 29.6 Å². The normalized spacial score (nSPS) is 15.8. The van der Waals surface area contributed by atoms with Crippen LogP contribution in [0.4, 0.5) is 5.82 Å². The molecule has 4 rings (SSSR count). The second-order valence-electron chi connectivity index (χ2n) is 9.51. The molecule has 4 heterocycles. The zero-order valence-corrected chi connectivity index (χ0v) is 19.8. The Kier molecular flexibility index (Phi) is 6.26. The van der Waals surface area contributed by atoms with Crippen LogP contribution in [0.5, 0.6) is 0 Å². The van der Waals surface area contributed by atoms with Gasteiger partial charge in [0.15, 0.2) is 0 Å². The van der Waals surface area contributed by atoms with Gasteiger partial charge in [0.05, 0.1) is 22.4 Å². The molecule has 0 saturated heterocycles. The van der Waals surface area contributed by atoms with Gasteiger partial charge in [-0.3, -0.25) is 0 Å². The van der Waals surface area contributed by atoms with Crippen molar-refractivity contribution in [1.82, 2.24) is 15.0 Å². The van der Waals surface area contributed by atoms with E-state index in [2.05, 4.69) is 44.9 Å². The van der Waals surface area contributed by atoms with E-state index in [1.54, 1.807) is 17.7 Å². The molecule has 1 N–H and O–H groups in total. The van der Waals surface area contributed by atoms with Crippen LogP contribution < -0.4 is 5.32 Å². The summed E-state index contributed by atoms with van der Waals surface area (Å²) >= 11 is 1.73. The van der Waals surface area contributed by atoms with Gasteiger partial charge in [-0.2, -0.15) is 0 Å². The van der Waals surface area contributed by atoms with Gasteiger partial charge >= 0.3 is 0 Å². The van der Waals surface area contributed by atoms with Crippen LogP contribution >= 0.6 is 11.3 Å². The van der Waals surface area contributed by atoms with Crippen LogP contribution in [0.2, 0.25) is 0 Å². The zero-order chi connectivity index (χ0) is 21.3. The van der Waals surface area contributed by atoms with Gasteiger partial charge in [0.1, 0.15) is 17.0 Å². The Morgan fingerprint density at radius 2 is 2.00 bits per heavy atom. The van der Waals surface area contributed by atoms with E-state index in [-0.39, 0.29) is 5.60 Å². The van der Waals surface area contributed by atoms with Crippen molar-refractivity contribution in [2.75, 3.05) is 11.9 Å². The number of anilines is 1. The number of nitrogens with one attached hydrogen (secondary N) is 1. The molecule has 1 aliphatic rings. The summed E-state index contributed by atoms with van der Waals surface area (Å²) in [5.74, 6) is 1.51. The third-order valence-electron chi connectivity index (χ3n) is 5.84. The van der Waals surface area contributed by atoms with Crippen LogP contribution in [-0.2, 0) is 24.2 Å². The third kappa shape index (κ3) is 4.30. The standard InChI is InChI=1S/C24H34N4OS/c1-6-7-8-9-10-25-22-21-20(26-14-27-22)19-16-12-24(4,5)29-13-17(16)18(11-15(2)3)28-23(19)30-21/h14-15H,6-13H2,1-5H3,(H,25,26,27). The Morgan fingerprint density at radius 3 is 2.77 bits per heavy atom. The van der Waals surface area contributed by atoms with Gasteiger partial charge in [0.25, 0.3) is 0 Å². The van der Waals surface area contributed by atoms with E-state index in [0.717, 1.165) is 40.3 Å². The minimum atomic E-state index is -0.169. The molecule has 0 saturated carbocycles. The maximum atomic E-state index is 6.18. The number of fused-ring (bicyclic) bond motifs is 5. The highest BCUT2D eigenvalue weighted by Gasteiger charge is 2.31. The zero-order valence-electron chi connectivity index (χ0n) is 19.0. The van der Waals surface area contributed by atoms with Gasteiger partial charge in [-0.1, -0.05) is 40.0 Å². The lowest BCUT2D eigenvalue weighted by atomic mass is 9.88. The Labute approximate surface area is 183 Å². The maximum absolute atomic E-state index is 6.18. The first-order valence-corrected chi connectivity index (χ1v) is 12.2. The van der Waals surface area contributed by atoms with Gasteiger partial charge in [-0.05, 0) is 38.2 Å². The molecule has 0 atom stereocenters. The quantitative estimate of drug-likeness (QED) is 0.429. The van der Waals surface area contributed by atoms with Crippen LogP contribution in [0.1, 0.15) is 77.1 Å². The predicted molar refractivity (Wildman–Crippen MR) is 126 cm³/mol. The molecule has 0 radical (unpaired) electrons. The monoisotopic (exact) mass is 426 g/mol. The van der Waals surface area contributed by atoms with E-state index in [9.17, 15) is 0 Å². The lowest BCUT2D eigenvalue weighted by Crippen LogP contribution is -2.33. The lowest BCUT2D eigenvalue weighted by Gasteiger charge is -2.33. The van der Waals surface area contributed by atoms with Gasteiger partial charge in [-0.25, -0.2) is 15.0 Å². The Bertz CT molecular complexity index is 1040. The van der Waals surface area contributed by atoms with Gasteiger partial charge in [0.2, 0.25) is 0 Å². The summed E-state index contributed by atoms with van der Waals surface area (Å²) < 4.78 is 7.31. The first kappa shape index (κ1) is 21.4. The predicted octanol–water partition coefficient (Wildman–Crippen LogP) is 6.28. The van der Waals surface area contributed by atoms with Crippen LogP contribution in [0, 0.1) is 5.92 Å². The number of hydrogen-bond donors (Lipinski definition) is 1. The number of nitrogens with zero attached hydrogens (tertiary/aromatic N) is 3. The minimum Gasteiger partial charge on any atom is -0.370 e. The summed E-state index contributed by atoms with van der Waals surface area (Å²) in [6.45, 7) is 12.7. The number of hydrogen-bond acceptors (Lipinski definition) is 6. The second kappa shape index (κ2) is 8.75. The molecule has 0 fully saturated rings. The van der Waals surface area contributed by atoms with Crippen molar-refractivity contribution >= 4 is 37.6 Å². The van der Waals surface area contributed by atoms with E-state index in [1.165, 1.54) is 47.9 Å². The molecule has 0 amide bonds. The SMILES string of the molecule is CCCCCCNc1ncnc2c1sc1nc(CC(C)C)c3c(c12)CC(C)(C)OC3. The number of aromatic nitrogens is 3. The molecule has 0 aromatic carbocycles. The number of rotatable bonds is 8. The minimum absolute atomic E-state index is 0.169. The van der Waals surface area contributed by atoms with E-state index in [4.69, 9.17) is 14.7 Å². The summed E-state index contributed by atoms with van der Waals surface area (Å²) in [7, 11) is 0. The number of thiophene rings is 1. The number of ether oxygens (including phenoxy) is 1. The number of unbranched alkanes of at least 4 members (excludes halogenated alkanes) is 3. The molecule has 162 valence electrons. The second-order valence-corrected chi connectivity index (χ2v) is 10.5. The highest BCUT2D eigenvalue weighted by molar-refractivity contribution is 7.26. The largest absolute Gasteiger partial charge is 0.370 e. The molecule has 3 aromatic heterocycles. The van der Waals surface area contributed by atoms with Crippen LogP contribution in [0.25, 0.3) is 20.4 Å². The molecule has 6 heteroatoms. The van der Waals surface area contributed by atoms with Crippen LogP contribution in [0.3, 0.4) is 0 Å². The summed E-state index contributed by atoms with van der Waals surface area (Å²) in [5, 5.41) is 4.77. The topological polar surface area (TPSA) is 59.9 Å². The molecule has 0 unspecified atom stereocenters. The molecular weight excluding hydrogens is 392 g/mol. The average molecular weight is 427 g/mol. The highest BCUT2D eigenvalue weighted by Crippen LogP contribution is 2.42. The molecule has 5 nitrogen and oxygen atoms in total. The summed E-state index contributed by atoms with van der Waals surface area (Å²) in [4.78, 5) is 15.5. The van der Waals surface area contributed by atoms with Gasteiger partial charge < -0.3 is 10.1 Å². The Morgan fingerprint density at radius 1 is 1.17 bits per heavy atom. The van der Waals surface area contributed by atoms with Crippen molar-refractivity contribution in [1.29, 1.82) is 0 Å². The molecule has 0 spiro atoms. The van der Waals surface area contributed by atoms with Crippen LogP contribution in [-0.4, -0.2) is 27.1 Å². The van der Waals surface area contributed by atoms with Gasteiger partial charge in [-0.15, -0.1) is 11.3 Å². The highest BCUT2D eigenvalue weighted by atomic mass is 32.1.